The van der Waals surface area contributed by atoms with E-state index in [9.17, 15) is 14.4 Å². The van der Waals surface area contributed by atoms with Gasteiger partial charge in [0.2, 0.25) is 5.91 Å². The van der Waals surface area contributed by atoms with Crippen LogP contribution in [0, 0.1) is 6.92 Å². The van der Waals surface area contributed by atoms with E-state index in [1.807, 2.05) is 49.4 Å². The van der Waals surface area contributed by atoms with E-state index in [0.717, 1.165) is 11.3 Å². The number of rotatable bonds is 6. The van der Waals surface area contributed by atoms with Crippen LogP contribution >= 0.6 is 11.8 Å². The molecule has 4 aromatic rings. The Hall–Kier alpha value is -3.91. The highest BCUT2D eigenvalue weighted by molar-refractivity contribution is 8.00. The van der Waals surface area contributed by atoms with E-state index in [-0.39, 0.29) is 11.5 Å². The molecule has 0 aliphatic carbocycles. The topological polar surface area (TPSA) is 90.3 Å². The molecular formula is C26H23N3O4S. The number of hydrogen-bond donors (Lipinski definition) is 1. The van der Waals surface area contributed by atoms with Gasteiger partial charge in [0.15, 0.2) is 5.16 Å². The van der Waals surface area contributed by atoms with Crippen molar-refractivity contribution in [2.24, 2.45) is 0 Å². The van der Waals surface area contributed by atoms with Crippen molar-refractivity contribution < 1.29 is 14.3 Å². The summed E-state index contributed by atoms with van der Waals surface area (Å²) in [5, 5.41) is 3.09. The normalized spacial score (nSPS) is 11.7. The minimum absolute atomic E-state index is 0.212. The molecule has 8 heteroatoms. The second-order valence-corrected chi connectivity index (χ2v) is 8.97. The fourth-order valence-corrected chi connectivity index (χ4v) is 4.38. The molecule has 1 amide bonds. The predicted molar refractivity (Wildman–Crippen MR) is 134 cm³/mol. The number of amides is 1. The zero-order valence-corrected chi connectivity index (χ0v) is 19.8. The number of anilines is 1. The van der Waals surface area contributed by atoms with Crippen molar-refractivity contribution in [2.45, 2.75) is 24.3 Å². The first-order valence-electron chi connectivity index (χ1n) is 10.6. The summed E-state index contributed by atoms with van der Waals surface area (Å²) in [6, 6.07) is 21.3. The highest BCUT2D eigenvalue weighted by Gasteiger charge is 2.21. The first-order chi connectivity index (χ1) is 16.4. The van der Waals surface area contributed by atoms with Gasteiger partial charge >= 0.3 is 5.97 Å². The van der Waals surface area contributed by atoms with Crippen molar-refractivity contribution in [1.82, 2.24) is 9.55 Å². The van der Waals surface area contributed by atoms with Gasteiger partial charge in [0.05, 0.1) is 34.5 Å². The number of nitrogens with one attached hydrogen (secondary N) is 1. The Kier molecular flexibility index (Phi) is 6.79. The summed E-state index contributed by atoms with van der Waals surface area (Å²) in [7, 11) is 1.30. The molecule has 34 heavy (non-hydrogen) atoms. The van der Waals surface area contributed by atoms with E-state index >= 15 is 0 Å². The van der Waals surface area contributed by atoms with Crippen molar-refractivity contribution in [3.05, 3.63) is 94.3 Å². The Morgan fingerprint density at radius 1 is 1.03 bits per heavy atom. The summed E-state index contributed by atoms with van der Waals surface area (Å²) in [5.41, 5.74) is 2.67. The molecule has 0 spiro atoms. The summed E-state index contributed by atoms with van der Waals surface area (Å²) in [4.78, 5) is 43.1. The quantitative estimate of drug-likeness (QED) is 0.250. The third kappa shape index (κ3) is 4.72. The number of para-hydroxylation sites is 2. The Morgan fingerprint density at radius 3 is 2.44 bits per heavy atom. The maximum atomic E-state index is 13.5. The summed E-state index contributed by atoms with van der Waals surface area (Å²) in [6.45, 7) is 3.68. The molecule has 172 valence electrons. The zero-order chi connectivity index (χ0) is 24.2. The smallest absolute Gasteiger partial charge is 0.337 e. The third-order valence-corrected chi connectivity index (χ3v) is 6.38. The molecule has 0 aliphatic heterocycles. The second kappa shape index (κ2) is 9.93. The molecule has 0 fully saturated rings. The first-order valence-corrected chi connectivity index (χ1v) is 11.5. The van der Waals surface area contributed by atoms with Crippen LogP contribution in [-0.4, -0.2) is 33.8 Å². The Balaban J connectivity index is 1.77. The van der Waals surface area contributed by atoms with Crippen LogP contribution in [0.1, 0.15) is 22.8 Å². The van der Waals surface area contributed by atoms with Gasteiger partial charge in [-0.25, -0.2) is 9.78 Å². The molecule has 0 saturated carbocycles. The number of nitrogens with zero attached hydrogens (tertiary/aromatic N) is 2. The van der Waals surface area contributed by atoms with Gasteiger partial charge in [-0.3, -0.25) is 14.2 Å². The van der Waals surface area contributed by atoms with Crippen LogP contribution in [0.4, 0.5) is 5.69 Å². The number of aryl methyl sites for hydroxylation is 1. The maximum absolute atomic E-state index is 13.5. The number of benzene rings is 3. The molecule has 4 rings (SSSR count). The highest BCUT2D eigenvalue weighted by atomic mass is 32.2. The van der Waals surface area contributed by atoms with Crippen molar-refractivity contribution in [1.29, 1.82) is 0 Å². The van der Waals surface area contributed by atoms with Gasteiger partial charge in [-0.2, -0.15) is 0 Å². The van der Waals surface area contributed by atoms with Gasteiger partial charge in [0.25, 0.3) is 5.56 Å². The Morgan fingerprint density at radius 2 is 1.74 bits per heavy atom. The second-order valence-electron chi connectivity index (χ2n) is 7.66. The number of esters is 1. The lowest BCUT2D eigenvalue weighted by Gasteiger charge is -2.17. The van der Waals surface area contributed by atoms with Crippen molar-refractivity contribution in [2.75, 3.05) is 12.4 Å². The third-order valence-electron chi connectivity index (χ3n) is 5.33. The van der Waals surface area contributed by atoms with Gasteiger partial charge in [-0.1, -0.05) is 48.2 Å². The molecule has 1 heterocycles. The van der Waals surface area contributed by atoms with E-state index < -0.39 is 11.2 Å². The lowest BCUT2D eigenvalue weighted by molar-refractivity contribution is -0.115. The van der Waals surface area contributed by atoms with E-state index in [4.69, 9.17) is 4.74 Å². The number of carbonyl (C=O) groups excluding carboxylic acids is 2. The van der Waals surface area contributed by atoms with E-state index in [2.05, 4.69) is 10.3 Å². The molecule has 3 aromatic carbocycles. The number of thioether (sulfide) groups is 1. The molecule has 0 bridgehead atoms. The molecule has 0 radical (unpaired) electrons. The van der Waals surface area contributed by atoms with Crippen LogP contribution in [0.2, 0.25) is 0 Å². The molecule has 1 aromatic heterocycles. The average Bonchev–Trinajstić information content (AvgIpc) is 2.85. The minimum Gasteiger partial charge on any atom is -0.465 e. The standard InChI is InChI=1S/C26H23N3O4S/c1-16-9-7-8-12-21(16)27-23(30)17(2)34-26-28-22-15-18(25(32)33-3)13-14-20(22)24(31)29(26)19-10-5-4-6-11-19/h4-15,17H,1-3H3,(H,27,30). The molecule has 1 atom stereocenters. The van der Waals surface area contributed by atoms with Crippen LogP contribution in [0.15, 0.2) is 82.7 Å². The minimum atomic E-state index is -0.553. The molecule has 0 saturated heterocycles. The van der Waals surface area contributed by atoms with E-state index in [1.54, 1.807) is 25.1 Å². The van der Waals surface area contributed by atoms with Crippen LogP contribution in [0.25, 0.3) is 16.6 Å². The van der Waals surface area contributed by atoms with Crippen molar-refractivity contribution in [3.8, 4) is 5.69 Å². The van der Waals surface area contributed by atoms with Gasteiger partial charge in [0.1, 0.15) is 0 Å². The molecule has 1 unspecified atom stereocenters. The highest BCUT2D eigenvalue weighted by Crippen LogP contribution is 2.27. The van der Waals surface area contributed by atoms with Crippen molar-refractivity contribution >= 4 is 40.2 Å². The zero-order valence-electron chi connectivity index (χ0n) is 18.9. The predicted octanol–water partition coefficient (Wildman–Crippen LogP) is 4.60. The summed E-state index contributed by atoms with van der Waals surface area (Å²) < 4.78 is 6.28. The monoisotopic (exact) mass is 473 g/mol. The molecule has 7 nitrogen and oxygen atoms in total. The molecule has 1 N–H and O–H groups in total. The Bertz CT molecular complexity index is 1430. The van der Waals surface area contributed by atoms with Crippen molar-refractivity contribution in [3.63, 3.8) is 0 Å². The van der Waals surface area contributed by atoms with Gasteiger partial charge in [-0.15, -0.1) is 0 Å². The van der Waals surface area contributed by atoms with E-state index in [0.29, 0.717) is 27.3 Å². The number of aromatic nitrogens is 2. The average molecular weight is 474 g/mol. The van der Waals surface area contributed by atoms with Crippen LogP contribution in [0.5, 0.6) is 0 Å². The van der Waals surface area contributed by atoms with Gasteiger partial charge in [0, 0.05) is 5.69 Å². The first kappa shape index (κ1) is 23.3. The number of hydrogen-bond acceptors (Lipinski definition) is 6. The summed E-state index contributed by atoms with van der Waals surface area (Å²) in [5.74, 6) is -0.729. The van der Waals surface area contributed by atoms with Crippen LogP contribution < -0.4 is 10.9 Å². The maximum Gasteiger partial charge on any atom is 0.337 e. The van der Waals surface area contributed by atoms with E-state index in [1.165, 1.54) is 35.6 Å². The number of ether oxygens (including phenoxy) is 1. The number of fused-ring (bicyclic) bond motifs is 1. The number of carbonyl (C=O) groups is 2. The molecule has 0 aliphatic rings. The van der Waals surface area contributed by atoms with Gasteiger partial charge < -0.3 is 10.1 Å². The Labute approximate surface area is 200 Å². The number of methoxy groups -OCH3 is 1. The lowest BCUT2D eigenvalue weighted by atomic mass is 10.1. The molecular weight excluding hydrogens is 450 g/mol. The largest absolute Gasteiger partial charge is 0.465 e. The SMILES string of the molecule is COC(=O)c1ccc2c(=O)n(-c3ccccc3)c(SC(C)C(=O)Nc3ccccc3C)nc2c1. The summed E-state index contributed by atoms with van der Waals surface area (Å²) >= 11 is 1.17. The fraction of sp³-hybridized carbons (Fsp3) is 0.154. The van der Waals surface area contributed by atoms with Gasteiger partial charge in [-0.05, 0) is 55.8 Å². The lowest BCUT2D eigenvalue weighted by Crippen LogP contribution is -2.26. The summed E-state index contributed by atoms with van der Waals surface area (Å²) in [6.07, 6.45) is 0. The van der Waals surface area contributed by atoms with Crippen LogP contribution in [-0.2, 0) is 9.53 Å². The van der Waals surface area contributed by atoms with Crippen LogP contribution in [0.3, 0.4) is 0 Å². The fourth-order valence-electron chi connectivity index (χ4n) is 3.45.